The smallest absolute Gasteiger partial charge is 0.143 e. The van der Waals surface area contributed by atoms with Gasteiger partial charge in [0, 0.05) is 11.7 Å². The highest BCUT2D eigenvalue weighted by Crippen LogP contribution is 2.34. The first kappa shape index (κ1) is 10.7. The summed E-state index contributed by atoms with van der Waals surface area (Å²) in [5, 5.41) is 3.46. The van der Waals surface area contributed by atoms with Gasteiger partial charge in [-0.3, -0.25) is 0 Å². The third kappa shape index (κ3) is 3.10. The van der Waals surface area contributed by atoms with Gasteiger partial charge in [0.05, 0.1) is 5.02 Å². The van der Waals surface area contributed by atoms with Crippen molar-refractivity contribution in [1.29, 1.82) is 0 Å². The Morgan fingerprint density at radius 3 is 2.87 bits per heavy atom. The lowest BCUT2D eigenvalue weighted by Gasteiger charge is -2.14. The molecule has 1 N–H and O–H groups in total. The van der Waals surface area contributed by atoms with Crippen molar-refractivity contribution in [3.63, 3.8) is 0 Å². The molecule has 0 bridgehead atoms. The van der Waals surface area contributed by atoms with E-state index in [2.05, 4.69) is 12.2 Å². The average molecular weight is 228 g/mol. The van der Waals surface area contributed by atoms with Crippen molar-refractivity contribution < 1.29 is 4.39 Å². The zero-order chi connectivity index (χ0) is 10.8. The molecule has 0 aliphatic heterocycles. The standard InChI is InChI=1S/C12H15ClFN/c1-8(6-9-2-3-9)15-10-4-5-11(13)12(14)7-10/h4-5,7-9,15H,2-3,6H2,1H3. The summed E-state index contributed by atoms with van der Waals surface area (Å²) in [5.41, 5.74) is 0.810. The molecule has 1 fully saturated rings. The average Bonchev–Trinajstić information content (AvgIpc) is 2.95. The molecule has 1 aromatic rings. The van der Waals surface area contributed by atoms with Gasteiger partial charge >= 0.3 is 0 Å². The maximum Gasteiger partial charge on any atom is 0.143 e. The van der Waals surface area contributed by atoms with Crippen LogP contribution in [0.2, 0.25) is 5.02 Å². The molecule has 1 aromatic carbocycles. The quantitative estimate of drug-likeness (QED) is 0.817. The van der Waals surface area contributed by atoms with E-state index in [9.17, 15) is 4.39 Å². The number of anilines is 1. The molecule has 1 saturated carbocycles. The van der Waals surface area contributed by atoms with Gasteiger partial charge in [0.25, 0.3) is 0 Å². The number of benzene rings is 1. The Kier molecular flexibility index (Phi) is 3.15. The minimum absolute atomic E-state index is 0.176. The van der Waals surface area contributed by atoms with Gasteiger partial charge < -0.3 is 5.32 Å². The fourth-order valence-electron chi connectivity index (χ4n) is 1.78. The highest BCUT2D eigenvalue weighted by atomic mass is 35.5. The topological polar surface area (TPSA) is 12.0 Å². The number of hydrogen-bond acceptors (Lipinski definition) is 1. The van der Waals surface area contributed by atoms with Crippen LogP contribution in [0, 0.1) is 11.7 Å². The van der Waals surface area contributed by atoms with E-state index >= 15 is 0 Å². The maximum atomic E-state index is 13.1. The van der Waals surface area contributed by atoms with Crippen molar-refractivity contribution in [2.45, 2.75) is 32.2 Å². The second kappa shape index (κ2) is 4.40. The molecule has 0 heterocycles. The Hall–Kier alpha value is -0.760. The second-order valence-corrected chi connectivity index (χ2v) is 4.76. The van der Waals surface area contributed by atoms with E-state index in [4.69, 9.17) is 11.6 Å². The molecular weight excluding hydrogens is 213 g/mol. The molecule has 15 heavy (non-hydrogen) atoms. The van der Waals surface area contributed by atoms with Gasteiger partial charge in [-0.25, -0.2) is 4.39 Å². The SMILES string of the molecule is CC(CC1CC1)Nc1ccc(Cl)c(F)c1. The highest BCUT2D eigenvalue weighted by molar-refractivity contribution is 6.30. The molecule has 0 aromatic heterocycles. The second-order valence-electron chi connectivity index (χ2n) is 4.35. The van der Waals surface area contributed by atoms with Crippen molar-refractivity contribution in [3.8, 4) is 0 Å². The monoisotopic (exact) mass is 227 g/mol. The lowest BCUT2D eigenvalue weighted by molar-refractivity contribution is 0.624. The van der Waals surface area contributed by atoms with Crippen molar-refractivity contribution >= 4 is 17.3 Å². The van der Waals surface area contributed by atoms with Gasteiger partial charge in [-0.05, 0) is 37.5 Å². The third-order valence-corrected chi connectivity index (χ3v) is 3.02. The Morgan fingerprint density at radius 1 is 1.53 bits per heavy atom. The number of rotatable bonds is 4. The zero-order valence-electron chi connectivity index (χ0n) is 8.76. The first-order valence-electron chi connectivity index (χ1n) is 5.37. The van der Waals surface area contributed by atoms with E-state index in [1.807, 2.05) is 6.07 Å². The fourth-order valence-corrected chi connectivity index (χ4v) is 1.90. The molecule has 82 valence electrons. The number of nitrogens with one attached hydrogen (secondary N) is 1. The predicted octanol–water partition coefficient (Wildman–Crippen LogP) is 4.08. The minimum atomic E-state index is -0.361. The summed E-state index contributed by atoms with van der Waals surface area (Å²) in [6.07, 6.45) is 3.87. The van der Waals surface area contributed by atoms with Crippen LogP contribution < -0.4 is 5.32 Å². The van der Waals surface area contributed by atoms with Crippen molar-refractivity contribution in [2.24, 2.45) is 5.92 Å². The van der Waals surface area contributed by atoms with Gasteiger partial charge in [-0.2, -0.15) is 0 Å². The molecule has 0 spiro atoms. The van der Waals surface area contributed by atoms with E-state index < -0.39 is 0 Å². The van der Waals surface area contributed by atoms with Crippen LogP contribution in [-0.2, 0) is 0 Å². The number of halogens is 2. The van der Waals surface area contributed by atoms with Crippen LogP contribution in [0.25, 0.3) is 0 Å². The van der Waals surface area contributed by atoms with E-state index in [1.165, 1.54) is 25.3 Å². The van der Waals surface area contributed by atoms with Crippen molar-refractivity contribution in [3.05, 3.63) is 29.0 Å². The largest absolute Gasteiger partial charge is 0.382 e. The van der Waals surface area contributed by atoms with Crippen LogP contribution in [0.15, 0.2) is 18.2 Å². The van der Waals surface area contributed by atoms with Gasteiger partial charge in [0.2, 0.25) is 0 Å². The zero-order valence-corrected chi connectivity index (χ0v) is 9.52. The molecule has 0 amide bonds. The van der Waals surface area contributed by atoms with Crippen LogP contribution in [0.4, 0.5) is 10.1 Å². The van der Waals surface area contributed by atoms with Crippen LogP contribution in [0.1, 0.15) is 26.2 Å². The molecule has 0 saturated heterocycles. The molecule has 2 rings (SSSR count). The fraction of sp³-hybridized carbons (Fsp3) is 0.500. The number of hydrogen-bond donors (Lipinski definition) is 1. The van der Waals surface area contributed by atoms with E-state index in [-0.39, 0.29) is 10.8 Å². The first-order valence-corrected chi connectivity index (χ1v) is 5.74. The molecule has 1 aliphatic rings. The van der Waals surface area contributed by atoms with Gasteiger partial charge in [-0.15, -0.1) is 0 Å². The van der Waals surface area contributed by atoms with E-state index in [0.717, 1.165) is 11.6 Å². The lowest BCUT2D eigenvalue weighted by atomic mass is 10.1. The Morgan fingerprint density at radius 2 is 2.27 bits per heavy atom. The summed E-state index contributed by atoms with van der Waals surface area (Å²) in [6.45, 7) is 2.13. The summed E-state index contributed by atoms with van der Waals surface area (Å²) in [4.78, 5) is 0. The van der Waals surface area contributed by atoms with Crippen molar-refractivity contribution in [2.75, 3.05) is 5.32 Å². The van der Waals surface area contributed by atoms with Crippen LogP contribution in [-0.4, -0.2) is 6.04 Å². The normalized spacial score (nSPS) is 17.5. The maximum absolute atomic E-state index is 13.1. The molecule has 1 atom stereocenters. The molecule has 0 radical (unpaired) electrons. The summed E-state index contributed by atoms with van der Waals surface area (Å²) < 4.78 is 13.1. The highest BCUT2D eigenvalue weighted by Gasteiger charge is 2.23. The van der Waals surface area contributed by atoms with E-state index in [0.29, 0.717) is 6.04 Å². The predicted molar refractivity (Wildman–Crippen MR) is 61.8 cm³/mol. The Labute approximate surface area is 94.6 Å². The minimum Gasteiger partial charge on any atom is -0.382 e. The van der Waals surface area contributed by atoms with Crippen molar-refractivity contribution in [1.82, 2.24) is 0 Å². The Bertz CT molecular complexity index is 349. The van der Waals surface area contributed by atoms with Gasteiger partial charge in [0.15, 0.2) is 0 Å². The van der Waals surface area contributed by atoms with Gasteiger partial charge in [0.1, 0.15) is 5.82 Å². The molecule has 1 unspecified atom stereocenters. The Balaban J connectivity index is 1.93. The van der Waals surface area contributed by atoms with Crippen LogP contribution >= 0.6 is 11.6 Å². The van der Waals surface area contributed by atoms with Crippen LogP contribution in [0.5, 0.6) is 0 Å². The summed E-state index contributed by atoms with van der Waals surface area (Å²) >= 11 is 5.61. The summed E-state index contributed by atoms with van der Waals surface area (Å²) in [5.74, 6) is 0.518. The summed E-state index contributed by atoms with van der Waals surface area (Å²) in [7, 11) is 0. The molecule has 1 aliphatic carbocycles. The molecule has 3 heteroatoms. The first-order chi connectivity index (χ1) is 7.15. The third-order valence-electron chi connectivity index (χ3n) is 2.72. The van der Waals surface area contributed by atoms with Gasteiger partial charge in [-0.1, -0.05) is 24.4 Å². The lowest BCUT2D eigenvalue weighted by Crippen LogP contribution is -2.15. The molecular formula is C12H15ClFN. The summed E-state index contributed by atoms with van der Waals surface area (Å²) in [6, 6.07) is 5.25. The van der Waals surface area contributed by atoms with Crippen LogP contribution in [0.3, 0.4) is 0 Å². The molecule has 1 nitrogen and oxygen atoms in total. The van der Waals surface area contributed by atoms with E-state index in [1.54, 1.807) is 6.07 Å².